The van der Waals surface area contributed by atoms with Crippen LogP contribution in [-0.2, 0) is 6.54 Å². The van der Waals surface area contributed by atoms with Gasteiger partial charge in [-0.2, -0.15) is 0 Å². The zero-order chi connectivity index (χ0) is 15.2. The Labute approximate surface area is 123 Å². The molecule has 0 bridgehead atoms. The molecule has 0 amide bonds. The summed E-state index contributed by atoms with van der Waals surface area (Å²) < 4.78 is 6.66. The van der Waals surface area contributed by atoms with E-state index in [9.17, 15) is 4.79 Å². The number of hydrogen-bond donors (Lipinski definition) is 1. The fraction of sp³-hybridized carbons (Fsp3) is 0.400. The molecule has 0 aliphatic carbocycles. The maximum absolute atomic E-state index is 12.0. The summed E-state index contributed by atoms with van der Waals surface area (Å²) in [6.07, 6.45) is 2.80. The molecule has 6 nitrogen and oxygen atoms in total. The van der Waals surface area contributed by atoms with E-state index in [0.29, 0.717) is 18.2 Å². The Hall–Kier alpha value is -2.37. The summed E-state index contributed by atoms with van der Waals surface area (Å²) in [5.74, 6) is 0.835. The first-order chi connectivity index (χ1) is 10.1. The molecule has 2 aromatic heterocycles. The highest BCUT2D eigenvalue weighted by Crippen LogP contribution is 2.10. The van der Waals surface area contributed by atoms with Gasteiger partial charge in [0.2, 0.25) is 0 Å². The summed E-state index contributed by atoms with van der Waals surface area (Å²) in [7, 11) is 1.51. The van der Waals surface area contributed by atoms with Gasteiger partial charge in [0.05, 0.1) is 13.7 Å². The van der Waals surface area contributed by atoms with Crippen molar-refractivity contribution in [2.45, 2.75) is 26.8 Å². The van der Waals surface area contributed by atoms with Crippen LogP contribution in [0.2, 0.25) is 0 Å². The number of rotatable bonds is 6. The molecule has 21 heavy (non-hydrogen) atoms. The summed E-state index contributed by atoms with van der Waals surface area (Å²) in [4.78, 5) is 20.6. The molecule has 0 aromatic carbocycles. The van der Waals surface area contributed by atoms with Gasteiger partial charge in [0.1, 0.15) is 5.82 Å². The molecular weight excluding hydrogens is 268 g/mol. The van der Waals surface area contributed by atoms with Gasteiger partial charge in [-0.1, -0.05) is 13.0 Å². The fourth-order valence-electron chi connectivity index (χ4n) is 1.95. The zero-order valence-corrected chi connectivity index (χ0v) is 12.6. The van der Waals surface area contributed by atoms with E-state index in [4.69, 9.17) is 4.74 Å². The summed E-state index contributed by atoms with van der Waals surface area (Å²) in [5.41, 5.74) is 1.43. The molecule has 0 fully saturated rings. The van der Waals surface area contributed by atoms with E-state index < -0.39 is 0 Å². The van der Waals surface area contributed by atoms with Gasteiger partial charge < -0.3 is 10.1 Å². The summed E-state index contributed by atoms with van der Waals surface area (Å²) in [5, 5.41) is 3.21. The van der Waals surface area contributed by atoms with E-state index in [1.165, 1.54) is 17.7 Å². The molecule has 0 radical (unpaired) electrons. The summed E-state index contributed by atoms with van der Waals surface area (Å²) in [6.45, 7) is 5.15. The number of methoxy groups -OCH3 is 1. The molecule has 0 saturated heterocycles. The largest absolute Gasteiger partial charge is 0.468 e. The van der Waals surface area contributed by atoms with E-state index in [-0.39, 0.29) is 5.56 Å². The predicted molar refractivity (Wildman–Crippen MR) is 81.9 cm³/mol. The third-order valence-corrected chi connectivity index (χ3v) is 3.01. The average Bonchev–Trinajstić information content (AvgIpc) is 2.48. The van der Waals surface area contributed by atoms with Crippen LogP contribution in [0.5, 0.6) is 6.01 Å². The third-order valence-electron chi connectivity index (χ3n) is 3.01. The van der Waals surface area contributed by atoms with Crippen LogP contribution in [0.3, 0.4) is 0 Å². The van der Waals surface area contributed by atoms with Crippen LogP contribution >= 0.6 is 0 Å². The lowest BCUT2D eigenvalue weighted by Gasteiger charge is -2.11. The minimum atomic E-state index is -0.132. The Kier molecular flexibility index (Phi) is 4.92. The van der Waals surface area contributed by atoms with Crippen molar-refractivity contribution in [3.05, 3.63) is 46.0 Å². The van der Waals surface area contributed by atoms with Crippen molar-refractivity contribution < 1.29 is 4.74 Å². The van der Waals surface area contributed by atoms with E-state index in [0.717, 1.165) is 24.3 Å². The molecule has 0 saturated carbocycles. The molecule has 0 aliphatic rings. The van der Waals surface area contributed by atoms with Gasteiger partial charge >= 0.3 is 0 Å². The summed E-state index contributed by atoms with van der Waals surface area (Å²) >= 11 is 0. The molecule has 112 valence electrons. The van der Waals surface area contributed by atoms with Crippen LogP contribution in [0.4, 0.5) is 5.82 Å². The third kappa shape index (κ3) is 3.81. The maximum Gasteiger partial charge on any atom is 0.299 e. The Morgan fingerprint density at radius 1 is 1.38 bits per heavy atom. The Balaban J connectivity index is 2.20. The van der Waals surface area contributed by atoms with Gasteiger partial charge in [-0.05, 0) is 25.0 Å². The topological polar surface area (TPSA) is 69.0 Å². The number of pyridine rings is 1. The van der Waals surface area contributed by atoms with Gasteiger partial charge in [0.25, 0.3) is 11.6 Å². The van der Waals surface area contributed by atoms with Gasteiger partial charge in [0.15, 0.2) is 0 Å². The summed E-state index contributed by atoms with van der Waals surface area (Å²) in [6, 6.07) is 5.65. The molecule has 0 aliphatic heterocycles. The van der Waals surface area contributed by atoms with E-state index >= 15 is 0 Å². The number of aryl methyl sites for hydroxylation is 1. The van der Waals surface area contributed by atoms with Gasteiger partial charge in [0, 0.05) is 24.5 Å². The van der Waals surface area contributed by atoms with Crippen molar-refractivity contribution in [1.29, 1.82) is 0 Å². The molecule has 2 aromatic rings. The minimum Gasteiger partial charge on any atom is -0.468 e. The maximum atomic E-state index is 12.0. The van der Waals surface area contributed by atoms with Crippen molar-refractivity contribution in [3.8, 4) is 6.01 Å². The second kappa shape index (κ2) is 6.88. The lowest BCUT2D eigenvalue weighted by Crippen LogP contribution is -2.23. The zero-order valence-electron chi connectivity index (χ0n) is 12.6. The first-order valence-electron chi connectivity index (χ1n) is 6.95. The Morgan fingerprint density at radius 3 is 2.81 bits per heavy atom. The molecule has 0 unspecified atom stereocenters. The Morgan fingerprint density at radius 2 is 2.19 bits per heavy atom. The fourth-order valence-corrected chi connectivity index (χ4v) is 1.95. The van der Waals surface area contributed by atoms with Crippen molar-refractivity contribution in [3.63, 3.8) is 0 Å². The van der Waals surface area contributed by atoms with Crippen molar-refractivity contribution in [2.24, 2.45) is 0 Å². The van der Waals surface area contributed by atoms with Crippen LogP contribution in [0.1, 0.15) is 24.6 Å². The molecule has 2 rings (SSSR count). The van der Waals surface area contributed by atoms with Crippen LogP contribution in [0.25, 0.3) is 0 Å². The van der Waals surface area contributed by atoms with Crippen molar-refractivity contribution in [1.82, 2.24) is 14.5 Å². The number of anilines is 1. The van der Waals surface area contributed by atoms with Gasteiger partial charge in [-0.15, -0.1) is 0 Å². The van der Waals surface area contributed by atoms with Gasteiger partial charge in [-0.25, -0.2) is 9.97 Å². The lowest BCUT2D eigenvalue weighted by molar-refractivity contribution is 0.350. The number of aromatic nitrogens is 3. The van der Waals surface area contributed by atoms with Crippen LogP contribution in [0.15, 0.2) is 29.2 Å². The predicted octanol–water partition coefficient (Wildman–Crippen LogP) is 1.83. The first kappa shape index (κ1) is 15.0. The van der Waals surface area contributed by atoms with Gasteiger partial charge in [-0.3, -0.25) is 9.36 Å². The average molecular weight is 288 g/mol. The van der Waals surface area contributed by atoms with Crippen LogP contribution < -0.4 is 15.6 Å². The number of nitrogens with one attached hydrogen (secondary N) is 1. The van der Waals surface area contributed by atoms with E-state index in [2.05, 4.69) is 22.2 Å². The van der Waals surface area contributed by atoms with E-state index in [1.54, 1.807) is 13.1 Å². The monoisotopic (exact) mass is 288 g/mol. The molecule has 2 heterocycles. The van der Waals surface area contributed by atoms with Crippen LogP contribution in [0, 0.1) is 6.92 Å². The SMILES string of the molecule is CCCNc1ccc(Cn2c(OC)nc(C)cc2=O)cn1. The highest BCUT2D eigenvalue weighted by Gasteiger charge is 2.08. The molecule has 0 spiro atoms. The number of nitrogens with zero attached hydrogens (tertiary/aromatic N) is 3. The Bertz CT molecular complexity index is 650. The smallest absolute Gasteiger partial charge is 0.299 e. The molecule has 0 atom stereocenters. The second-order valence-corrected chi connectivity index (χ2v) is 4.79. The first-order valence-corrected chi connectivity index (χ1v) is 6.95. The highest BCUT2D eigenvalue weighted by molar-refractivity contribution is 5.35. The molecule has 1 N–H and O–H groups in total. The second-order valence-electron chi connectivity index (χ2n) is 4.79. The quantitative estimate of drug-likeness (QED) is 0.878. The van der Waals surface area contributed by atoms with Crippen molar-refractivity contribution in [2.75, 3.05) is 19.0 Å². The highest BCUT2D eigenvalue weighted by atomic mass is 16.5. The number of hydrogen-bond acceptors (Lipinski definition) is 5. The van der Waals surface area contributed by atoms with E-state index in [1.807, 2.05) is 12.1 Å². The van der Waals surface area contributed by atoms with Crippen molar-refractivity contribution >= 4 is 5.82 Å². The normalized spacial score (nSPS) is 10.4. The standard InChI is InChI=1S/C15H20N4O2/c1-4-7-16-13-6-5-12(9-17-13)10-19-14(20)8-11(2)18-15(19)21-3/h5-6,8-9H,4,7,10H2,1-3H3,(H,16,17). The number of ether oxygens (including phenoxy) is 1. The van der Waals surface area contributed by atoms with Crippen LogP contribution in [-0.4, -0.2) is 28.2 Å². The lowest BCUT2D eigenvalue weighted by atomic mass is 10.2. The molecular formula is C15H20N4O2. The minimum absolute atomic E-state index is 0.132. The molecule has 6 heteroatoms.